The maximum absolute atomic E-state index is 12.2. The number of carbonyl (C=O) groups is 1. The van der Waals surface area contributed by atoms with Gasteiger partial charge in [-0.25, -0.2) is 4.98 Å². The Hall–Kier alpha value is -3.48. The first-order chi connectivity index (χ1) is 12.1. The largest absolute Gasteiger partial charge is 0.493 e. The van der Waals surface area contributed by atoms with Crippen LogP contribution in [-0.2, 0) is 11.3 Å². The fourth-order valence-electron chi connectivity index (χ4n) is 2.88. The molecule has 0 unspecified atom stereocenters. The summed E-state index contributed by atoms with van der Waals surface area (Å²) in [6.07, 6.45) is 0. The Balaban J connectivity index is 1.62. The number of aromatic nitrogens is 3. The van der Waals surface area contributed by atoms with E-state index in [9.17, 15) is 9.90 Å². The molecule has 4 aromatic rings. The van der Waals surface area contributed by atoms with Gasteiger partial charge in [-0.15, -0.1) is 10.2 Å². The number of amides is 1. The smallest absolute Gasteiger partial charge is 0.284 e. The zero-order valence-electron chi connectivity index (χ0n) is 13.5. The van der Waals surface area contributed by atoms with Gasteiger partial charge < -0.3 is 14.7 Å². The van der Waals surface area contributed by atoms with Gasteiger partial charge in [-0.3, -0.25) is 4.79 Å². The van der Waals surface area contributed by atoms with Crippen LogP contribution in [0.15, 0.2) is 58.8 Å². The molecule has 0 aliphatic heterocycles. The third kappa shape index (κ3) is 2.65. The number of rotatable bonds is 3. The highest BCUT2D eigenvalue weighted by molar-refractivity contribution is 5.94. The van der Waals surface area contributed by atoms with Gasteiger partial charge in [-0.2, -0.15) is 0 Å². The standard InChI is InChI=1S/C18H15N5O2/c1-11-19-14-8-4-5-9-15(14)23(11)10-16(24)21-22-17-12-6-2-3-7-13(12)20-18(17)25/h2-9,20,25H,10H2,1H3. The predicted octanol–water partition coefficient (Wildman–Crippen LogP) is 3.84. The molecule has 1 amide bonds. The summed E-state index contributed by atoms with van der Waals surface area (Å²) < 4.78 is 1.80. The van der Waals surface area contributed by atoms with E-state index in [0.717, 1.165) is 22.4 Å². The molecule has 0 spiro atoms. The van der Waals surface area contributed by atoms with Gasteiger partial charge in [0.15, 0.2) is 5.69 Å². The number of hydrogen-bond donors (Lipinski definition) is 2. The fourth-order valence-corrected chi connectivity index (χ4v) is 2.88. The van der Waals surface area contributed by atoms with Crippen molar-refractivity contribution < 1.29 is 9.90 Å². The van der Waals surface area contributed by atoms with E-state index in [1.807, 2.05) is 49.4 Å². The van der Waals surface area contributed by atoms with E-state index in [4.69, 9.17) is 0 Å². The Morgan fingerprint density at radius 3 is 2.84 bits per heavy atom. The lowest BCUT2D eigenvalue weighted by Crippen LogP contribution is -2.08. The van der Waals surface area contributed by atoms with E-state index in [1.54, 1.807) is 10.6 Å². The number of carbonyl (C=O) groups excluding carboxylic acids is 1. The van der Waals surface area contributed by atoms with Crippen LogP contribution >= 0.6 is 0 Å². The van der Waals surface area contributed by atoms with Crippen LogP contribution in [0, 0.1) is 6.92 Å². The van der Waals surface area contributed by atoms with Crippen molar-refractivity contribution >= 4 is 33.5 Å². The van der Waals surface area contributed by atoms with Crippen molar-refractivity contribution in [3.05, 3.63) is 54.4 Å². The van der Waals surface area contributed by atoms with Crippen LogP contribution in [0.3, 0.4) is 0 Å². The summed E-state index contributed by atoms with van der Waals surface area (Å²) in [5, 5.41) is 18.4. The average molecular weight is 333 g/mol. The number of para-hydroxylation sites is 3. The van der Waals surface area contributed by atoms with Gasteiger partial charge in [-0.1, -0.05) is 30.3 Å². The zero-order chi connectivity index (χ0) is 17.4. The number of aromatic hydroxyl groups is 1. The van der Waals surface area contributed by atoms with Gasteiger partial charge in [0.1, 0.15) is 12.4 Å². The number of benzene rings is 2. The van der Waals surface area contributed by atoms with Crippen LogP contribution in [-0.4, -0.2) is 25.5 Å². The highest BCUT2D eigenvalue weighted by Gasteiger charge is 2.12. The first-order valence-electron chi connectivity index (χ1n) is 7.79. The molecule has 2 heterocycles. The molecule has 0 fully saturated rings. The van der Waals surface area contributed by atoms with Crippen molar-refractivity contribution in [3.63, 3.8) is 0 Å². The minimum atomic E-state index is -0.420. The summed E-state index contributed by atoms with van der Waals surface area (Å²) in [7, 11) is 0. The lowest BCUT2D eigenvalue weighted by Gasteiger charge is -2.02. The van der Waals surface area contributed by atoms with E-state index < -0.39 is 5.91 Å². The number of aromatic amines is 1. The normalized spacial score (nSPS) is 11.7. The first kappa shape index (κ1) is 15.1. The van der Waals surface area contributed by atoms with Gasteiger partial charge in [0.2, 0.25) is 5.88 Å². The van der Waals surface area contributed by atoms with E-state index in [0.29, 0.717) is 5.39 Å². The number of hydrogen-bond acceptors (Lipinski definition) is 4. The number of nitrogens with one attached hydrogen (secondary N) is 1. The van der Waals surface area contributed by atoms with Crippen molar-refractivity contribution in [2.45, 2.75) is 13.5 Å². The molecule has 0 saturated heterocycles. The van der Waals surface area contributed by atoms with Crippen molar-refractivity contribution in [2.24, 2.45) is 10.2 Å². The van der Waals surface area contributed by atoms with Gasteiger partial charge in [0.05, 0.1) is 16.6 Å². The minimum Gasteiger partial charge on any atom is -0.493 e. The average Bonchev–Trinajstić information content (AvgIpc) is 3.09. The highest BCUT2D eigenvalue weighted by Crippen LogP contribution is 2.35. The van der Waals surface area contributed by atoms with Crippen molar-refractivity contribution in [3.8, 4) is 5.88 Å². The monoisotopic (exact) mass is 333 g/mol. The number of H-pyrrole nitrogens is 1. The van der Waals surface area contributed by atoms with E-state index >= 15 is 0 Å². The number of nitrogens with zero attached hydrogens (tertiary/aromatic N) is 4. The Kier molecular flexibility index (Phi) is 3.53. The van der Waals surface area contributed by atoms with Gasteiger partial charge >= 0.3 is 0 Å². The number of imidazole rings is 1. The maximum Gasteiger partial charge on any atom is 0.284 e. The molecule has 4 rings (SSSR count). The second-order valence-electron chi connectivity index (χ2n) is 5.70. The van der Waals surface area contributed by atoms with Crippen LogP contribution in [0.5, 0.6) is 5.88 Å². The quantitative estimate of drug-likeness (QED) is 0.557. The van der Waals surface area contributed by atoms with Crippen LogP contribution < -0.4 is 0 Å². The first-order valence-corrected chi connectivity index (χ1v) is 7.79. The van der Waals surface area contributed by atoms with Gasteiger partial charge in [0.25, 0.3) is 5.91 Å². The molecule has 124 valence electrons. The number of aryl methyl sites for hydroxylation is 1. The molecule has 0 bridgehead atoms. The zero-order valence-corrected chi connectivity index (χ0v) is 13.5. The van der Waals surface area contributed by atoms with Crippen molar-refractivity contribution in [1.29, 1.82) is 0 Å². The van der Waals surface area contributed by atoms with Gasteiger partial charge in [-0.05, 0) is 25.1 Å². The summed E-state index contributed by atoms with van der Waals surface area (Å²) in [6.45, 7) is 1.88. The Morgan fingerprint density at radius 1 is 1.20 bits per heavy atom. The lowest BCUT2D eigenvalue weighted by molar-refractivity contribution is -0.118. The predicted molar refractivity (Wildman–Crippen MR) is 94.0 cm³/mol. The number of fused-ring (bicyclic) bond motifs is 2. The lowest BCUT2D eigenvalue weighted by atomic mass is 10.2. The molecule has 0 atom stereocenters. The Morgan fingerprint density at radius 2 is 1.96 bits per heavy atom. The molecule has 0 aliphatic rings. The molecule has 7 nitrogen and oxygen atoms in total. The molecule has 0 saturated carbocycles. The minimum absolute atomic E-state index is 0.0406. The van der Waals surface area contributed by atoms with Crippen molar-refractivity contribution in [1.82, 2.24) is 14.5 Å². The molecule has 7 heteroatoms. The Bertz CT molecular complexity index is 1120. The molecule has 0 aliphatic carbocycles. The van der Waals surface area contributed by atoms with E-state index in [2.05, 4.69) is 20.2 Å². The van der Waals surface area contributed by atoms with Crippen molar-refractivity contribution in [2.75, 3.05) is 0 Å². The van der Waals surface area contributed by atoms with Crippen LogP contribution in [0.2, 0.25) is 0 Å². The molecular formula is C18H15N5O2. The van der Waals surface area contributed by atoms with Crippen LogP contribution in [0.1, 0.15) is 5.82 Å². The summed E-state index contributed by atoms with van der Waals surface area (Å²) in [5.41, 5.74) is 2.70. The molecule has 25 heavy (non-hydrogen) atoms. The molecule has 2 aromatic heterocycles. The molecule has 0 radical (unpaired) electrons. The SMILES string of the molecule is Cc1nc2ccccc2n1CC(=O)N=Nc1c(O)[nH]c2ccccc12. The third-order valence-electron chi connectivity index (χ3n) is 4.06. The molecular weight excluding hydrogens is 318 g/mol. The van der Waals surface area contributed by atoms with Crippen LogP contribution in [0.4, 0.5) is 5.69 Å². The summed E-state index contributed by atoms with van der Waals surface area (Å²) in [6, 6.07) is 14.9. The summed E-state index contributed by atoms with van der Waals surface area (Å²) in [4.78, 5) is 19.5. The third-order valence-corrected chi connectivity index (χ3v) is 4.06. The Labute approximate surface area is 142 Å². The highest BCUT2D eigenvalue weighted by atomic mass is 16.3. The fraction of sp³-hybridized carbons (Fsp3) is 0.111. The summed E-state index contributed by atoms with van der Waals surface area (Å²) >= 11 is 0. The topological polar surface area (TPSA) is 95.6 Å². The molecule has 2 N–H and O–H groups in total. The van der Waals surface area contributed by atoms with Gasteiger partial charge in [0, 0.05) is 5.39 Å². The second kappa shape index (κ2) is 5.86. The van der Waals surface area contributed by atoms with E-state index in [-0.39, 0.29) is 18.1 Å². The van der Waals surface area contributed by atoms with E-state index in [1.165, 1.54) is 0 Å². The second-order valence-corrected chi connectivity index (χ2v) is 5.70. The molecule has 2 aromatic carbocycles. The summed E-state index contributed by atoms with van der Waals surface area (Å²) in [5.74, 6) is 0.206. The maximum atomic E-state index is 12.2. The number of azo groups is 1. The van der Waals surface area contributed by atoms with Crippen LogP contribution in [0.25, 0.3) is 21.9 Å².